The number of pyridine rings is 1. The van der Waals surface area contributed by atoms with Crippen LogP contribution < -0.4 is 5.56 Å². The predicted octanol–water partition coefficient (Wildman–Crippen LogP) is 3.71. The Balaban J connectivity index is 1.89. The fourth-order valence-corrected chi connectivity index (χ4v) is 3.40. The summed E-state index contributed by atoms with van der Waals surface area (Å²) in [5.41, 5.74) is 1.57. The van der Waals surface area contributed by atoms with Gasteiger partial charge < -0.3 is 0 Å². The van der Waals surface area contributed by atoms with Crippen LogP contribution in [-0.2, 0) is 0 Å². The number of fused-ring (bicyclic) bond motifs is 1. The highest BCUT2D eigenvalue weighted by Gasteiger charge is 2.11. The Morgan fingerprint density at radius 1 is 0.864 bits per heavy atom. The Morgan fingerprint density at radius 3 is 2.45 bits per heavy atom. The summed E-state index contributed by atoms with van der Waals surface area (Å²) in [6.07, 6.45) is 1.78. The zero-order valence-electron chi connectivity index (χ0n) is 11.5. The van der Waals surface area contributed by atoms with Crippen LogP contribution in [0.2, 0.25) is 0 Å². The van der Waals surface area contributed by atoms with Crippen LogP contribution in [0.3, 0.4) is 0 Å². The van der Waals surface area contributed by atoms with Gasteiger partial charge in [-0.15, -0.1) is 11.3 Å². The lowest BCUT2D eigenvalue weighted by atomic mass is 10.1. The number of aromatic nitrogens is 3. The monoisotopic (exact) mass is 305 g/mol. The summed E-state index contributed by atoms with van der Waals surface area (Å²) < 4.78 is 0. The quantitative estimate of drug-likeness (QED) is 0.614. The van der Waals surface area contributed by atoms with Gasteiger partial charge >= 0.3 is 0 Å². The second-order valence-electron chi connectivity index (χ2n) is 4.83. The second kappa shape index (κ2) is 5.20. The maximum Gasteiger partial charge on any atom is 0.272 e. The van der Waals surface area contributed by atoms with E-state index in [-0.39, 0.29) is 5.56 Å². The molecule has 0 fully saturated rings. The third-order valence-corrected chi connectivity index (χ3v) is 4.57. The van der Waals surface area contributed by atoms with Gasteiger partial charge in [0.05, 0.1) is 20.8 Å². The highest BCUT2D eigenvalue weighted by molar-refractivity contribution is 7.18. The average molecular weight is 305 g/mol. The van der Waals surface area contributed by atoms with E-state index in [0.29, 0.717) is 5.39 Å². The molecular weight excluding hydrogens is 294 g/mol. The van der Waals surface area contributed by atoms with E-state index in [4.69, 9.17) is 0 Å². The van der Waals surface area contributed by atoms with Crippen molar-refractivity contribution < 1.29 is 0 Å². The fraction of sp³-hybridized carbons (Fsp3) is 0. The van der Waals surface area contributed by atoms with Gasteiger partial charge in [-0.05, 0) is 30.3 Å². The van der Waals surface area contributed by atoms with Gasteiger partial charge in [0, 0.05) is 11.6 Å². The standard InChI is InChI=1S/C17H11N3OS/c21-17-12-6-2-1-5-11(12)16(19-20-17)15-9-8-14(22-15)13-7-3-4-10-18-13/h1-10H,(H,20,21). The lowest BCUT2D eigenvalue weighted by molar-refractivity contribution is 1.02. The molecule has 4 aromatic rings. The molecule has 3 heterocycles. The first-order chi connectivity index (χ1) is 10.8. The number of hydrogen-bond acceptors (Lipinski definition) is 4. The molecule has 0 radical (unpaired) electrons. The van der Waals surface area contributed by atoms with Crippen molar-refractivity contribution in [3.8, 4) is 21.1 Å². The summed E-state index contributed by atoms with van der Waals surface area (Å²) in [6.45, 7) is 0. The smallest absolute Gasteiger partial charge is 0.267 e. The number of aromatic amines is 1. The van der Waals surface area contributed by atoms with Crippen LogP contribution in [0.5, 0.6) is 0 Å². The molecule has 22 heavy (non-hydrogen) atoms. The van der Waals surface area contributed by atoms with Crippen molar-refractivity contribution in [1.82, 2.24) is 15.2 Å². The van der Waals surface area contributed by atoms with Crippen molar-refractivity contribution in [2.24, 2.45) is 0 Å². The Labute approximate surface area is 130 Å². The van der Waals surface area contributed by atoms with Gasteiger partial charge in [-0.1, -0.05) is 24.3 Å². The molecule has 4 nitrogen and oxygen atoms in total. The van der Waals surface area contributed by atoms with Gasteiger partial charge in [0.15, 0.2) is 0 Å². The normalized spacial score (nSPS) is 10.9. The number of H-pyrrole nitrogens is 1. The molecule has 0 amide bonds. The SMILES string of the molecule is O=c1[nH]nc(-c2ccc(-c3ccccn3)s2)c2ccccc12. The largest absolute Gasteiger partial charge is 0.272 e. The van der Waals surface area contributed by atoms with Crippen molar-refractivity contribution in [3.63, 3.8) is 0 Å². The molecule has 0 aliphatic rings. The lowest BCUT2D eigenvalue weighted by Crippen LogP contribution is -2.08. The minimum atomic E-state index is -0.166. The highest BCUT2D eigenvalue weighted by atomic mass is 32.1. The zero-order chi connectivity index (χ0) is 14.9. The molecule has 0 aliphatic heterocycles. The summed E-state index contributed by atoms with van der Waals surface area (Å²) in [4.78, 5) is 18.3. The first-order valence-electron chi connectivity index (χ1n) is 6.82. The predicted molar refractivity (Wildman–Crippen MR) is 88.9 cm³/mol. The number of nitrogens with zero attached hydrogens (tertiary/aromatic N) is 2. The zero-order valence-corrected chi connectivity index (χ0v) is 12.3. The summed E-state index contributed by atoms with van der Waals surface area (Å²) in [7, 11) is 0. The maximum absolute atomic E-state index is 11.9. The van der Waals surface area contributed by atoms with Crippen LogP contribution in [0.1, 0.15) is 0 Å². The van der Waals surface area contributed by atoms with Crippen LogP contribution in [0.4, 0.5) is 0 Å². The fourth-order valence-electron chi connectivity index (χ4n) is 2.41. The van der Waals surface area contributed by atoms with E-state index in [1.165, 1.54) is 0 Å². The molecule has 1 N–H and O–H groups in total. The van der Waals surface area contributed by atoms with Crippen LogP contribution in [0.25, 0.3) is 31.9 Å². The summed E-state index contributed by atoms with van der Waals surface area (Å²) >= 11 is 1.61. The average Bonchev–Trinajstić information content (AvgIpc) is 3.06. The van der Waals surface area contributed by atoms with E-state index < -0.39 is 0 Å². The molecule has 1 aromatic carbocycles. The molecule has 3 aromatic heterocycles. The van der Waals surface area contributed by atoms with Crippen molar-refractivity contribution in [2.75, 3.05) is 0 Å². The van der Waals surface area contributed by atoms with Crippen molar-refractivity contribution in [1.29, 1.82) is 0 Å². The Hall–Kier alpha value is -2.79. The topological polar surface area (TPSA) is 58.6 Å². The minimum Gasteiger partial charge on any atom is -0.267 e. The van der Waals surface area contributed by atoms with E-state index in [1.807, 2.05) is 54.6 Å². The van der Waals surface area contributed by atoms with Gasteiger partial charge in [0.25, 0.3) is 5.56 Å². The number of benzene rings is 1. The van der Waals surface area contributed by atoms with E-state index >= 15 is 0 Å². The van der Waals surface area contributed by atoms with Crippen LogP contribution in [0.15, 0.2) is 65.6 Å². The van der Waals surface area contributed by atoms with Gasteiger partial charge in [-0.25, -0.2) is 5.10 Å². The molecule has 106 valence electrons. The van der Waals surface area contributed by atoms with Crippen LogP contribution in [0, 0.1) is 0 Å². The Morgan fingerprint density at radius 2 is 1.64 bits per heavy atom. The van der Waals surface area contributed by atoms with E-state index in [9.17, 15) is 4.79 Å². The van der Waals surface area contributed by atoms with E-state index in [2.05, 4.69) is 15.2 Å². The molecule has 0 aliphatic carbocycles. The van der Waals surface area contributed by atoms with Gasteiger partial charge in [0.1, 0.15) is 5.69 Å². The number of nitrogens with one attached hydrogen (secondary N) is 1. The van der Waals surface area contributed by atoms with Crippen LogP contribution in [-0.4, -0.2) is 15.2 Å². The molecule has 0 unspecified atom stereocenters. The van der Waals surface area contributed by atoms with Crippen molar-refractivity contribution in [2.45, 2.75) is 0 Å². The molecule has 5 heteroatoms. The first kappa shape index (κ1) is 12.9. The summed E-state index contributed by atoms with van der Waals surface area (Å²) in [5.74, 6) is 0. The molecule has 0 saturated heterocycles. The Kier molecular flexibility index (Phi) is 3.05. The molecule has 4 rings (SSSR count). The van der Waals surface area contributed by atoms with Gasteiger partial charge in [-0.3, -0.25) is 9.78 Å². The molecule has 0 saturated carbocycles. The van der Waals surface area contributed by atoms with Crippen LogP contribution >= 0.6 is 11.3 Å². The number of thiophene rings is 1. The van der Waals surface area contributed by atoms with Crippen molar-refractivity contribution >= 4 is 22.1 Å². The second-order valence-corrected chi connectivity index (χ2v) is 5.91. The number of rotatable bonds is 2. The number of hydrogen-bond donors (Lipinski definition) is 1. The van der Waals surface area contributed by atoms with E-state index in [0.717, 1.165) is 26.5 Å². The third-order valence-electron chi connectivity index (χ3n) is 3.45. The first-order valence-corrected chi connectivity index (χ1v) is 7.63. The molecule has 0 atom stereocenters. The highest BCUT2D eigenvalue weighted by Crippen LogP contribution is 2.34. The lowest BCUT2D eigenvalue weighted by Gasteiger charge is -2.02. The molecule has 0 spiro atoms. The molecule has 0 bridgehead atoms. The Bertz CT molecular complexity index is 1010. The van der Waals surface area contributed by atoms with Gasteiger partial charge in [0.2, 0.25) is 0 Å². The minimum absolute atomic E-state index is 0.166. The van der Waals surface area contributed by atoms with Crippen molar-refractivity contribution in [3.05, 3.63) is 71.1 Å². The van der Waals surface area contributed by atoms with E-state index in [1.54, 1.807) is 17.5 Å². The third kappa shape index (κ3) is 2.12. The summed E-state index contributed by atoms with van der Waals surface area (Å²) in [6, 6.07) is 17.4. The molecular formula is C17H11N3OS. The maximum atomic E-state index is 11.9. The van der Waals surface area contributed by atoms with Gasteiger partial charge in [-0.2, -0.15) is 5.10 Å². The summed E-state index contributed by atoms with van der Waals surface area (Å²) in [5, 5.41) is 8.33.